The van der Waals surface area contributed by atoms with Gasteiger partial charge in [0.15, 0.2) is 5.78 Å². The molecule has 1 spiro atoms. The second-order valence-electron chi connectivity index (χ2n) is 8.90. The van der Waals surface area contributed by atoms with Gasteiger partial charge >= 0.3 is 0 Å². The monoisotopic (exact) mass is 413 g/mol. The highest BCUT2D eigenvalue weighted by atomic mass is 32.2. The number of carbonyl (C=O) groups excluding carboxylic acids is 1. The van der Waals surface area contributed by atoms with Crippen LogP contribution in [0.4, 0.5) is 0 Å². The third-order valence-electron chi connectivity index (χ3n) is 6.10. The Bertz CT molecular complexity index is 953. The molecule has 1 aliphatic carbocycles. The molecule has 0 bridgehead atoms. The van der Waals surface area contributed by atoms with Crippen LogP contribution in [-0.2, 0) is 14.8 Å². The number of hydrogen-bond acceptors (Lipinski definition) is 3. The molecule has 0 amide bonds. The first kappa shape index (κ1) is 21.7. The molecule has 1 unspecified atom stereocenters. The van der Waals surface area contributed by atoms with Crippen molar-refractivity contribution in [2.75, 3.05) is 13.1 Å². The first-order valence-corrected chi connectivity index (χ1v) is 11.7. The molecule has 156 valence electrons. The van der Waals surface area contributed by atoms with E-state index in [0.29, 0.717) is 18.0 Å². The van der Waals surface area contributed by atoms with Crippen molar-refractivity contribution in [3.8, 4) is 0 Å². The zero-order chi connectivity index (χ0) is 21.6. The van der Waals surface area contributed by atoms with Crippen LogP contribution in [0.1, 0.15) is 33.3 Å². The SMILES string of the molecule is C=CC1CN(S(=O)(=O)c2ccc(C)cc2)CC12C=C(C(C)C)C(=O)C(C(C)C)=C2. The molecule has 1 aromatic rings. The number of hydrogen-bond donors (Lipinski definition) is 0. The Labute approximate surface area is 175 Å². The predicted molar refractivity (Wildman–Crippen MR) is 117 cm³/mol. The molecule has 1 aliphatic heterocycles. The van der Waals surface area contributed by atoms with Crippen LogP contribution in [-0.4, -0.2) is 31.6 Å². The van der Waals surface area contributed by atoms with Crippen molar-refractivity contribution in [3.05, 3.63) is 65.8 Å². The molecule has 1 aromatic carbocycles. The molecule has 0 aromatic heterocycles. The number of benzene rings is 1. The zero-order valence-electron chi connectivity index (χ0n) is 18.0. The lowest BCUT2D eigenvalue weighted by Gasteiger charge is -2.34. The lowest BCUT2D eigenvalue weighted by Crippen LogP contribution is -2.35. The summed E-state index contributed by atoms with van der Waals surface area (Å²) in [6.07, 6.45) is 5.87. The van der Waals surface area contributed by atoms with E-state index in [9.17, 15) is 13.2 Å². The van der Waals surface area contributed by atoms with Crippen LogP contribution in [0.15, 0.2) is 65.1 Å². The van der Waals surface area contributed by atoms with Crippen LogP contribution in [0.5, 0.6) is 0 Å². The van der Waals surface area contributed by atoms with Gasteiger partial charge in [-0.1, -0.05) is 63.6 Å². The Balaban J connectivity index is 2.08. The standard InChI is InChI=1S/C24H31NO3S/c1-7-19-14-25(29(27,28)20-10-8-18(6)9-11-20)15-24(19)12-21(16(2)3)23(26)22(13-24)17(4)5/h7-13,16-17,19H,1,14-15H2,2-6H3. The number of Topliss-reactive ketones (excluding diaryl/α,β-unsaturated/α-hetero) is 1. The molecule has 29 heavy (non-hydrogen) atoms. The minimum Gasteiger partial charge on any atom is -0.289 e. The smallest absolute Gasteiger partial charge is 0.243 e. The fourth-order valence-corrected chi connectivity index (χ4v) is 5.82. The molecule has 1 heterocycles. The number of allylic oxidation sites excluding steroid dienone is 2. The van der Waals surface area contributed by atoms with Gasteiger partial charge in [0.2, 0.25) is 10.0 Å². The average molecular weight is 414 g/mol. The van der Waals surface area contributed by atoms with Crippen molar-refractivity contribution >= 4 is 15.8 Å². The van der Waals surface area contributed by atoms with E-state index in [4.69, 9.17) is 0 Å². The molecule has 3 rings (SSSR count). The van der Waals surface area contributed by atoms with Crippen molar-refractivity contribution in [3.63, 3.8) is 0 Å². The van der Waals surface area contributed by atoms with Gasteiger partial charge in [0.1, 0.15) is 0 Å². The molecule has 0 radical (unpaired) electrons. The van der Waals surface area contributed by atoms with Crippen molar-refractivity contribution in [1.29, 1.82) is 0 Å². The van der Waals surface area contributed by atoms with E-state index in [1.165, 1.54) is 0 Å². The fourth-order valence-electron chi connectivity index (χ4n) is 4.29. The van der Waals surface area contributed by atoms with E-state index in [1.807, 2.05) is 65.0 Å². The maximum Gasteiger partial charge on any atom is 0.243 e. The minimum absolute atomic E-state index is 0.0787. The summed E-state index contributed by atoms with van der Waals surface area (Å²) in [4.78, 5) is 13.3. The van der Waals surface area contributed by atoms with E-state index >= 15 is 0 Å². The van der Waals surface area contributed by atoms with E-state index in [1.54, 1.807) is 16.4 Å². The number of sulfonamides is 1. The topological polar surface area (TPSA) is 54.5 Å². The second-order valence-corrected chi connectivity index (χ2v) is 10.8. The largest absolute Gasteiger partial charge is 0.289 e. The van der Waals surface area contributed by atoms with Crippen LogP contribution in [0.3, 0.4) is 0 Å². The maximum absolute atomic E-state index is 13.3. The van der Waals surface area contributed by atoms with Crippen LogP contribution >= 0.6 is 0 Å². The quantitative estimate of drug-likeness (QED) is 0.666. The summed E-state index contributed by atoms with van der Waals surface area (Å²) in [5.74, 6) is 0.159. The third kappa shape index (κ3) is 3.78. The first-order valence-electron chi connectivity index (χ1n) is 10.2. The molecule has 0 N–H and O–H groups in total. The summed E-state index contributed by atoms with van der Waals surface area (Å²) in [5, 5.41) is 0. The molecular formula is C24H31NO3S. The molecule has 1 atom stereocenters. The maximum atomic E-state index is 13.3. The molecular weight excluding hydrogens is 382 g/mol. The van der Waals surface area contributed by atoms with Crippen molar-refractivity contribution < 1.29 is 13.2 Å². The lowest BCUT2D eigenvalue weighted by molar-refractivity contribution is -0.113. The Kier molecular flexibility index (Phi) is 5.76. The summed E-state index contributed by atoms with van der Waals surface area (Å²) >= 11 is 0. The van der Waals surface area contributed by atoms with Crippen molar-refractivity contribution in [2.24, 2.45) is 23.2 Å². The highest BCUT2D eigenvalue weighted by Crippen LogP contribution is 2.47. The van der Waals surface area contributed by atoms with Gasteiger partial charge in [0.25, 0.3) is 0 Å². The molecule has 5 heteroatoms. The minimum atomic E-state index is -3.62. The molecule has 0 saturated carbocycles. The van der Waals surface area contributed by atoms with Crippen molar-refractivity contribution in [1.82, 2.24) is 4.31 Å². The van der Waals surface area contributed by atoms with Gasteiger partial charge in [-0.2, -0.15) is 4.31 Å². The van der Waals surface area contributed by atoms with Crippen LogP contribution in [0.25, 0.3) is 0 Å². The normalized spacial score (nSPS) is 22.3. The number of aryl methyl sites for hydroxylation is 1. The Morgan fingerprint density at radius 2 is 1.59 bits per heavy atom. The Hall–Kier alpha value is -1.98. The van der Waals surface area contributed by atoms with Gasteiger partial charge in [-0.25, -0.2) is 8.42 Å². The Morgan fingerprint density at radius 1 is 1.07 bits per heavy atom. The number of nitrogens with zero attached hydrogens (tertiary/aromatic N) is 1. The van der Waals surface area contributed by atoms with Gasteiger partial charge in [-0.15, -0.1) is 6.58 Å². The van der Waals surface area contributed by atoms with E-state index in [0.717, 1.165) is 16.7 Å². The second kappa shape index (κ2) is 7.69. The molecule has 1 fully saturated rings. The van der Waals surface area contributed by atoms with E-state index in [-0.39, 0.29) is 23.5 Å². The van der Waals surface area contributed by atoms with Gasteiger partial charge in [-0.05, 0) is 42.0 Å². The predicted octanol–water partition coefficient (Wildman–Crippen LogP) is 4.54. The molecule has 1 saturated heterocycles. The Morgan fingerprint density at radius 3 is 2.03 bits per heavy atom. The summed E-state index contributed by atoms with van der Waals surface area (Å²) < 4.78 is 28.2. The highest BCUT2D eigenvalue weighted by molar-refractivity contribution is 7.89. The van der Waals surface area contributed by atoms with Crippen LogP contribution < -0.4 is 0 Å². The number of ketones is 1. The van der Waals surface area contributed by atoms with E-state index in [2.05, 4.69) is 6.58 Å². The fraction of sp³-hybridized carbons (Fsp3) is 0.458. The molecule has 4 nitrogen and oxygen atoms in total. The number of carbonyl (C=O) groups is 1. The molecule has 2 aliphatic rings. The average Bonchev–Trinajstić information content (AvgIpc) is 3.02. The first-order chi connectivity index (χ1) is 13.5. The summed E-state index contributed by atoms with van der Waals surface area (Å²) in [6, 6.07) is 6.95. The zero-order valence-corrected chi connectivity index (χ0v) is 18.8. The number of rotatable bonds is 5. The summed E-state index contributed by atoms with van der Waals surface area (Å²) in [5.41, 5.74) is 2.04. The van der Waals surface area contributed by atoms with E-state index < -0.39 is 15.4 Å². The van der Waals surface area contributed by atoms with Gasteiger partial charge in [0.05, 0.1) is 4.90 Å². The van der Waals surface area contributed by atoms with Crippen molar-refractivity contribution in [2.45, 2.75) is 39.5 Å². The van der Waals surface area contributed by atoms with Gasteiger partial charge in [-0.3, -0.25) is 4.79 Å². The van der Waals surface area contributed by atoms with Crippen LogP contribution in [0.2, 0.25) is 0 Å². The highest BCUT2D eigenvalue weighted by Gasteiger charge is 2.49. The van der Waals surface area contributed by atoms with Gasteiger partial charge < -0.3 is 0 Å². The lowest BCUT2D eigenvalue weighted by atomic mass is 9.68. The summed E-state index contributed by atoms with van der Waals surface area (Å²) in [6.45, 7) is 14.7. The summed E-state index contributed by atoms with van der Waals surface area (Å²) in [7, 11) is -3.62. The van der Waals surface area contributed by atoms with Crippen LogP contribution in [0, 0.1) is 30.1 Å². The van der Waals surface area contributed by atoms with Gasteiger partial charge in [0, 0.05) is 24.4 Å². The third-order valence-corrected chi connectivity index (χ3v) is 7.93.